The van der Waals surface area contributed by atoms with Gasteiger partial charge in [-0.25, -0.2) is 9.97 Å². The fraction of sp³-hybridized carbons (Fsp3) is 0.478. The number of hydrogen-bond acceptors (Lipinski definition) is 5. The van der Waals surface area contributed by atoms with Gasteiger partial charge in [0, 0.05) is 70.3 Å². The van der Waals surface area contributed by atoms with Crippen molar-refractivity contribution in [1.29, 1.82) is 0 Å². The van der Waals surface area contributed by atoms with E-state index in [0.29, 0.717) is 13.0 Å². The van der Waals surface area contributed by atoms with Crippen LogP contribution in [0.25, 0.3) is 0 Å². The third kappa shape index (κ3) is 5.87. The van der Waals surface area contributed by atoms with Crippen LogP contribution in [0, 0.1) is 0 Å². The first-order valence-corrected chi connectivity index (χ1v) is 11.2. The van der Waals surface area contributed by atoms with Gasteiger partial charge >= 0.3 is 0 Å². The molecular weight excluding hydrogens is 517 g/mol. The Morgan fingerprint density at radius 2 is 1.81 bits per heavy atom. The molecule has 0 saturated carbocycles. The molecule has 8 nitrogen and oxygen atoms in total. The zero-order valence-electron chi connectivity index (χ0n) is 18.6. The molecule has 0 unspecified atom stereocenters. The van der Waals surface area contributed by atoms with Crippen molar-refractivity contribution in [3.05, 3.63) is 48.3 Å². The summed E-state index contributed by atoms with van der Waals surface area (Å²) in [4.78, 5) is 32.6. The molecule has 2 aliphatic rings. The van der Waals surface area contributed by atoms with E-state index in [9.17, 15) is 4.79 Å². The molecule has 1 saturated heterocycles. The molecule has 32 heavy (non-hydrogen) atoms. The van der Waals surface area contributed by atoms with Crippen LogP contribution in [0.2, 0.25) is 0 Å². The number of fused-ring (bicyclic) bond motifs is 1. The molecule has 0 atom stereocenters. The van der Waals surface area contributed by atoms with Gasteiger partial charge in [-0.1, -0.05) is 18.2 Å². The highest BCUT2D eigenvalue weighted by atomic mass is 127. The number of piperazine rings is 1. The highest BCUT2D eigenvalue weighted by Gasteiger charge is 2.24. The highest BCUT2D eigenvalue weighted by Crippen LogP contribution is 2.28. The third-order valence-corrected chi connectivity index (χ3v) is 5.75. The summed E-state index contributed by atoms with van der Waals surface area (Å²) >= 11 is 0. The van der Waals surface area contributed by atoms with Gasteiger partial charge < -0.3 is 20.0 Å². The highest BCUT2D eigenvalue weighted by molar-refractivity contribution is 14.0. The maximum atomic E-state index is 12.7. The number of aromatic nitrogens is 2. The van der Waals surface area contributed by atoms with Crippen LogP contribution >= 0.6 is 24.0 Å². The van der Waals surface area contributed by atoms with E-state index in [1.165, 1.54) is 5.56 Å². The second kappa shape index (κ2) is 12.0. The lowest BCUT2D eigenvalue weighted by Crippen LogP contribution is -2.53. The average molecular weight is 549 g/mol. The Kier molecular flexibility index (Phi) is 9.07. The topological polar surface area (TPSA) is 77.0 Å². The summed E-state index contributed by atoms with van der Waals surface area (Å²) in [6, 6.07) is 10.0. The van der Waals surface area contributed by atoms with Gasteiger partial charge in [-0.2, -0.15) is 0 Å². The number of nitrogens with zero attached hydrogens (tertiary/aromatic N) is 6. The Morgan fingerprint density at radius 1 is 1.06 bits per heavy atom. The predicted molar refractivity (Wildman–Crippen MR) is 139 cm³/mol. The van der Waals surface area contributed by atoms with Crippen molar-refractivity contribution in [2.24, 2.45) is 4.99 Å². The zero-order chi connectivity index (χ0) is 21.5. The number of carbonyl (C=O) groups excluding carboxylic acids is 1. The minimum atomic E-state index is 0. The molecule has 2 aromatic rings. The summed E-state index contributed by atoms with van der Waals surface area (Å²) in [6.07, 6.45) is 5.79. The first kappa shape index (κ1) is 24.2. The second-order valence-corrected chi connectivity index (χ2v) is 7.79. The van der Waals surface area contributed by atoms with Crippen LogP contribution in [-0.2, 0) is 11.2 Å². The SMILES string of the molecule is CCNC(=NCCCC(=O)N1CCc2ccccc21)N1CCN(c2ncccn2)CC1.I. The normalized spacial score (nSPS) is 15.9. The summed E-state index contributed by atoms with van der Waals surface area (Å²) in [5, 5.41) is 3.39. The van der Waals surface area contributed by atoms with Gasteiger partial charge in [0.15, 0.2) is 5.96 Å². The van der Waals surface area contributed by atoms with E-state index in [1.54, 1.807) is 12.4 Å². The third-order valence-electron chi connectivity index (χ3n) is 5.75. The molecule has 1 aromatic heterocycles. The van der Waals surface area contributed by atoms with E-state index in [1.807, 2.05) is 29.2 Å². The van der Waals surface area contributed by atoms with Crippen LogP contribution in [0.4, 0.5) is 11.6 Å². The van der Waals surface area contributed by atoms with Crippen molar-refractivity contribution >= 4 is 47.5 Å². The number of carbonyl (C=O) groups is 1. The molecule has 4 rings (SSSR count). The van der Waals surface area contributed by atoms with Crippen molar-refractivity contribution < 1.29 is 4.79 Å². The van der Waals surface area contributed by atoms with Crippen LogP contribution in [0.5, 0.6) is 0 Å². The molecule has 1 amide bonds. The summed E-state index contributed by atoms with van der Waals surface area (Å²) in [5.74, 6) is 1.91. The standard InChI is InChI=1S/C23H31N7O.HI/c1-2-24-22(28-15-17-29(18-16-28)23-26-12-6-13-27-23)25-11-5-9-21(31)30-14-10-19-7-3-4-8-20(19)30;/h3-4,6-8,12-13H,2,5,9-11,14-18H2,1H3,(H,24,25);1H. The zero-order valence-corrected chi connectivity index (χ0v) is 20.9. The molecule has 2 aliphatic heterocycles. The summed E-state index contributed by atoms with van der Waals surface area (Å²) < 4.78 is 0. The van der Waals surface area contributed by atoms with Crippen molar-refractivity contribution in [2.45, 2.75) is 26.2 Å². The van der Waals surface area contributed by atoms with Crippen molar-refractivity contribution in [3.63, 3.8) is 0 Å². The molecule has 1 N–H and O–H groups in total. The largest absolute Gasteiger partial charge is 0.357 e. The molecular formula is C23H32IN7O. The molecule has 172 valence electrons. The van der Waals surface area contributed by atoms with E-state index in [2.05, 4.69) is 38.1 Å². The number of hydrogen-bond donors (Lipinski definition) is 1. The monoisotopic (exact) mass is 549 g/mol. The fourth-order valence-electron chi connectivity index (χ4n) is 4.15. The van der Waals surface area contributed by atoms with Gasteiger partial charge in [0.1, 0.15) is 0 Å². The van der Waals surface area contributed by atoms with Gasteiger partial charge in [0.2, 0.25) is 11.9 Å². The van der Waals surface area contributed by atoms with Crippen LogP contribution in [0.1, 0.15) is 25.3 Å². The molecule has 9 heteroatoms. The van der Waals surface area contributed by atoms with Crippen LogP contribution in [0.3, 0.4) is 0 Å². The maximum Gasteiger partial charge on any atom is 0.227 e. The van der Waals surface area contributed by atoms with E-state index >= 15 is 0 Å². The second-order valence-electron chi connectivity index (χ2n) is 7.79. The van der Waals surface area contributed by atoms with Gasteiger partial charge in [0.25, 0.3) is 0 Å². The van der Waals surface area contributed by atoms with Crippen LogP contribution < -0.4 is 15.1 Å². The number of para-hydroxylation sites is 1. The van der Waals surface area contributed by atoms with Crippen molar-refractivity contribution in [1.82, 2.24) is 20.2 Å². The predicted octanol–water partition coefficient (Wildman–Crippen LogP) is 2.55. The Bertz CT molecular complexity index is 900. The lowest BCUT2D eigenvalue weighted by atomic mass is 10.2. The van der Waals surface area contributed by atoms with Crippen molar-refractivity contribution in [2.75, 3.05) is 55.6 Å². The van der Waals surface area contributed by atoms with Gasteiger partial charge in [-0.05, 0) is 37.5 Å². The Hall–Kier alpha value is -2.43. The number of anilines is 2. The molecule has 1 fully saturated rings. The smallest absolute Gasteiger partial charge is 0.227 e. The number of rotatable bonds is 6. The van der Waals surface area contributed by atoms with E-state index in [-0.39, 0.29) is 29.9 Å². The quantitative estimate of drug-likeness (QED) is 0.259. The average Bonchev–Trinajstić information content (AvgIpc) is 3.26. The van der Waals surface area contributed by atoms with E-state index in [4.69, 9.17) is 4.99 Å². The number of halogens is 1. The first-order valence-electron chi connectivity index (χ1n) is 11.2. The first-order chi connectivity index (χ1) is 15.3. The Labute approximate surface area is 207 Å². The number of guanidine groups is 1. The number of amides is 1. The Morgan fingerprint density at radius 3 is 2.56 bits per heavy atom. The number of nitrogens with one attached hydrogen (secondary N) is 1. The van der Waals surface area contributed by atoms with Crippen LogP contribution in [-0.4, -0.2) is 72.5 Å². The maximum absolute atomic E-state index is 12.7. The molecule has 0 spiro atoms. The van der Waals surface area contributed by atoms with E-state index in [0.717, 1.165) is 69.7 Å². The minimum absolute atomic E-state index is 0. The molecule has 0 bridgehead atoms. The molecule has 0 radical (unpaired) electrons. The Balaban J connectivity index is 0.00000289. The van der Waals surface area contributed by atoms with E-state index < -0.39 is 0 Å². The van der Waals surface area contributed by atoms with Gasteiger partial charge in [0.05, 0.1) is 0 Å². The number of benzene rings is 1. The molecule has 1 aromatic carbocycles. The fourth-order valence-corrected chi connectivity index (χ4v) is 4.15. The summed E-state index contributed by atoms with van der Waals surface area (Å²) in [7, 11) is 0. The molecule has 3 heterocycles. The lowest BCUT2D eigenvalue weighted by Gasteiger charge is -2.36. The van der Waals surface area contributed by atoms with Crippen LogP contribution in [0.15, 0.2) is 47.7 Å². The summed E-state index contributed by atoms with van der Waals surface area (Å²) in [5.41, 5.74) is 2.34. The van der Waals surface area contributed by atoms with Gasteiger partial charge in [-0.3, -0.25) is 9.79 Å². The number of aliphatic imine (C=N–C) groups is 1. The minimum Gasteiger partial charge on any atom is -0.357 e. The molecule has 0 aliphatic carbocycles. The van der Waals surface area contributed by atoms with Crippen molar-refractivity contribution in [3.8, 4) is 0 Å². The summed E-state index contributed by atoms with van der Waals surface area (Å²) in [6.45, 7) is 7.80. The van der Waals surface area contributed by atoms with Gasteiger partial charge in [-0.15, -0.1) is 24.0 Å². The lowest BCUT2D eigenvalue weighted by molar-refractivity contribution is -0.118.